The van der Waals surface area contributed by atoms with Gasteiger partial charge in [-0.25, -0.2) is 0 Å². The van der Waals surface area contributed by atoms with E-state index in [0.29, 0.717) is 37.0 Å². The molecule has 1 aromatic rings. The molecule has 0 bridgehead atoms. The van der Waals surface area contributed by atoms with Crippen molar-refractivity contribution in [1.82, 2.24) is 4.90 Å². The van der Waals surface area contributed by atoms with Crippen LogP contribution in [0.15, 0.2) is 34.7 Å². The molecule has 0 aromatic heterocycles. The Labute approximate surface area is 241 Å². The van der Waals surface area contributed by atoms with Crippen molar-refractivity contribution in [1.29, 1.82) is 0 Å². The standard InChI is InChI=1S/C32H42INO4/c1-7-38-26-14-19(13-21(33)30(26)37-6)27-28-22(15-31(2,3)17-24(28)35)34(20-11-9-8-10-12-20)23-16-32(4,5)18-25(36)29(23)27/h13-14,20,27H,7-12,15-18H2,1-6H3. The third-order valence-electron chi connectivity index (χ3n) is 8.76. The Kier molecular flexibility index (Phi) is 7.51. The maximum absolute atomic E-state index is 14.1. The Hall–Kier alpha value is -1.83. The topological polar surface area (TPSA) is 55.8 Å². The number of hydrogen-bond donors (Lipinski definition) is 0. The first-order chi connectivity index (χ1) is 18.0. The van der Waals surface area contributed by atoms with Crippen molar-refractivity contribution >= 4 is 34.2 Å². The number of hydrogen-bond acceptors (Lipinski definition) is 5. The van der Waals surface area contributed by atoms with Crippen molar-refractivity contribution in [3.05, 3.63) is 43.8 Å². The van der Waals surface area contributed by atoms with Gasteiger partial charge in [-0.2, -0.15) is 0 Å². The van der Waals surface area contributed by atoms with Crippen LogP contribution in [0.1, 0.15) is 104 Å². The van der Waals surface area contributed by atoms with Gasteiger partial charge in [0, 0.05) is 47.3 Å². The Morgan fingerprint density at radius 1 is 0.895 bits per heavy atom. The molecule has 0 N–H and O–H groups in total. The quantitative estimate of drug-likeness (QED) is 0.312. The number of methoxy groups -OCH3 is 1. The van der Waals surface area contributed by atoms with E-state index < -0.39 is 0 Å². The van der Waals surface area contributed by atoms with Crippen LogP contribution in [0, 0.1) is 14.4 Å². The lowest BCUT2D eigenvalue weighted by molar-refractivity contribution is -0.119. The van der Waals surface area contributed by atoms with Gasteiger partial charge in [0.15, 0.2) is 23.1 Å². The van der Waals surface area contributed by atoms with E-state index in [1.54, 1.807) is 7.11 Å². The summed E-state index contributed by atoms with van der Waals surface area (Å²) in [4.78, 5) is 30.7. The van der Waals surface area contributed by atoms with Crippen molar-refractivity contribution in [3.63, 3.8) is 0 Å². The molecule has 0 saturated heterocycles. The van der Waals surface area contributed by atoms with Gasteiger partial charge in [-0.3, -0.25) is 9.59 Å². The number of carbonyl (C=O) groups is 2. The predicted molar refractivity (Wildman–Crippen MR) is 158 cm³/mol. The Morgan fingerprint density at radius 3 is 1.95 bits per heavy atom. The third kappa shape index (κ3) is 4.95. The van der Waals surface area contributed by atoms with Crippen LogP contribution in [0.25, 0.3) is 0 Å². The van der Waals surface area contributed by atoms with Gasteiger partial charge in [0.1, 0.15) is 0 Å². The smallest absolute Gasteiger partial charge is 0.174 e. The Balaban J connectivity index is 1.79. The number of Topliss-reactive ketones (excluding diaryl/α,β-unsaturated/α-hetero) is 2. The second-order valence-electron chi connectivity index (χ2n) is 13.2. The zero-order valence-electron chi connectivity index (χ0n) is 23.8. The molecule has 0 spiro atoms. The molecule has 1 aromatic carbocycles. The van der Waals surface area contributed by atoms with E-state index in [2.05, 4.69) is 61.3 Å². The van der Waals surface area contributed by atoms with E-state index in [1.165, 1.54) is 30.7 Å². The van der Waals surface area contributed by atoms with Crippen molar-refractivity contribution in [3.8, 4) is 11.5 Å². The summed E-state index contributed by atoms with van der Waals surface area (Å²) in [5.41, 5.74) is 4.81. The second kappa shape index (κ2) is 10.3. The average molecular weight is 632 g/mol. The summed E-state index contributed by atoms with van der Waals surface area (Å²) < 4.78 is 12.6. The van der Waals surface area contributed by atoms with Gasteiger partial charge in [-0.1, -0.05) is 47.0 Å². The molecule has 1 fully saturated rings. The lowest BCUT2D eigenvalue weighted by Gasteiger charge is -2.52. The highest BCUT2D eigenvalue weighted by atomic mass is 127. The first-order valence-corrected chi connectivity index (χ1v) is 15.4. The number of benzene rings is 1. The summed E-state index contributed by atoms with van der Waals surface area (Å²) in [5.74, 6) is 1.39. The van der Waals surface area contributed by atoms with Crippen molar-refractivity contribution in [2.45, 2.75) is 104 Å². The van der Waals surface area contributed by atoms with Gasteiger partial charge in [-0.05, 0) is 83.7 Å². The first kappa shape index (κ1) is 27.7. The minimum atomic E-state index is -0.356. The maximum Gasteiger partial charge on any atom is 0.174 e. The normalized spacial score (nSPS) is 23.9. The SMILES string of the molecule is CCOc1cc(C2C3=C(CC(C)(C)CC3=O)N(C3CCCCC3)C3=C2C(=O)CC(C)(C)C3)cc(I)c1OC. The van der Waals surface area contributed by atoms with E-state index >= 15 is 0 Å². The Bertz CT molecular complexity index is 1160. The zero-order chi connectivity index (χ0) is 27.4. The van der Waals surface area contributed by atoms with Gasteiger partial charge >= 0.3 is 0 Å². The number of nitrogens with zero attached hydrogens (tertiary/aromatic N) is 1. The van der Waals surface area contributed by atoms with Crippen LogP contribution in [0.5, 0.6) is 11.5 Å². The summed E-state index contributed by atoms with van der Waals surface area (Å²) in [6, 6.07) is 4.47. The predicted octanol–water partition coefficient (Wildman–Crippen LogP) is 7.72. The number of carbonyl (C=O) groups excluding carboxylic acids is 2. The summed E-state index contributed by atoms with van der Waals surface area (Å²) in [6.45, 7) is 11.3. The number of halogens is 1. The fourth-order valence-electron chi connectivity index (χ4n) is 7.32. The molecule has 3 aliphatic carbocycles. The molecular weight excluding hydrogens is 589 g/mol. The number of ether oxygens (including phenoxy) is 2. The van der Waals surface area contributed by atoms with Crippen LogP contribution in [-0.4, -0.2) is 36.2 Å². The minimum Gasteiger partial charge on any atom is -0.492 e. The lowest BCUT2D eigenvalue weighted by atomic mass is 9.63. The molecule has 1 saturated carbocycles. The molecule has 5 nitrogen and oxygen atoms in total. The van der Waals surface area contributed by atoms with Crippen LogP contribution >= 0.6 is 22.6 Å². The molecule has 0 atom stereocenters. The summed E-state index contributed by atoms with van der Waals surface area (Å²) in [7, 11) is 1.66. The fourth-order valence-corrected chi connectivity index (χ4v) is 8.17. The van der Waals surface area contributed by atoms with Crippen molar-refractivity contribution in [2.24, 2.45) is 10.8 Å². The van der Waals surface area contributed by atoms with Crippen molar-refractivity contribution < 1.29 is 19.1 Å². The summed E-state index contributed by atoms with van der Waals surface area (Å²) in [6.07, 6.45) is 8.66. The second-order valence-corrected chi connectivity index (χ2v) is 14.3. The average Bonchev–Trinajstić information content (AvgIpc) is 2.82. The molecule has 1 heterocycles. The number of ketones is 2. The molecule has 4 aliphatic rings. The molecule has 0 unspecified atom stereocenters. The largest absolute Gasteiger partial charge is 0.492 e. The third-order valence-corrected chi connectivity index (χ3v) is 9.56. The maximum atomic E-state index is 14.1. The monoisotopic (exact) mass is 631 g/mol. The lowest BCUT2D eigenvalue weighted by Crippen LogP contribution is -2.48. The van der Waals surface area contributed by atoms with E-state index in [0.717, 1.165) is 46.0 Å². The van der Waals surface area contributed by atoms with Crippen LogP contribution < -0.4 is 9.47 Å². The molecule has 0 amide bonds. The number of rotatable bonds is 5. The zero-order valence-corrected chi connectivity index (χ0v) is 26.0. The van der Waals surface area contributed by atoms with E-state index in [4.69, 9.17) is 9.47 Å². The van der Waals surface area contributed by atoms with Gasteiger partial charge in [0.05, 0.1) is 17.3 Å². The van der Waals surface area contributed by atoms with Gasteiger partial charge in [0.25, 0.3) is 0 Å². The highest BCUT2D eigenvalue weighted by Gasteiger charge is 2.50. The Morgan fingerprint density at radius 2 is 1.45 bits per heavy atom. The summed E-state index contributed by atoms with van der Waals surface area (Å²) in [5, 5.41) is 0. The molecule has 6 heteroatoms. The van der Waals surface area contributed by atoms with Crippen molar-refractivity contribution in [2.75, 3.05) is 13.7 Å². The fraction of sp³-hybridized carbons (Fsp3) is 0.625. The van der Waals surface area contributed by atoms with Crippen LogP contribution in [0.4, 0.5) is 0 Å². The highest BCUT2D eigenvalue weighted by molar-refractivity contribution is 14.1. The minimum absolute atomic E-state index is 0.107. The molecule has 5 rings (SSSR count). The molecule has 206 valence electrons. The summed E-state index contributed by atoms with van der Waals surface area (Å²) >= 11 is 2.29. The van der Waals surface area contributed by atoms with Gasteiger partial charge in [0.2, 0.25) is 0 Å². The van der Waals surface area contributed by atoms with Crippen LogP contribution in [-0.2, 0) is 9.59 Å². The van der Waals surface area contributed by atoms with Crippen LogP contribution in [0.3, 0.4) is 0 Å². The van der Waals surface area contributed by atoms with E-state index in [-0.39, 0.29) is 28.3 Å². The molecule has 1 aliphatic heterocycles. The molecular formula is C32H42INO4. The molecule has 38 heavy (non-hydrogen) atoms. The van der Waals surface area contributed by atoms with Crippen LogP contribution in [0.2, 0.25) is 0 Å². The molecule has 0 radical (unpaired) electrons. The van der Waals surface area contributed by atoms with E-state index in [9.17, 15) is 9.59 Å². The highest BCUT2D eigenvalue weighted by Crippen LogP contribution is 2.56. The van der Waals surface area contributed by atoms with Gasteiger partial charge < -0.3 is 14.4 Å². The van der Waals surface area contributed by atoms with E-state index in [1.807, 2.05) is 13.0 Å². The van der Waals surface area contributed by atoms with Gasteiger partial charge in [-0.15, -0.1) is 0 Å². The first-order valence-electron chi connectivity index (χ1n) is 14.3. The number of allylic oxidation sites excluding steroid dienone is 4.